The zero-order valence-electron chi connectivity index (χ0n) is 14.2. The van der Waals surface area contributed by atoms with Gasteiger partial charge in [0.25, 0.3) is 0 Å². The largest absolute Gasteiger partial charge is 0.353 e. The minimum Gasteiger partial charge on any atom is -0.353 e. The maximum atomic E-state index is 12.2. The molecule has 0 aliphatic carbocycles. The van der Waals surface area contributed by atoms with Gasteiger partial charge in [-0.15, -0.1) is 12.4 Å². The molecule has 0 spiro atoms. The molecule has 2 atom stereocenters. The van der Waals surface area contributed by atoms with Crippen molar-refractivity contribution in [1.29, 1.82) is 0 Å². The highest BCUT2D eigenvalue weighted by Crippen LogP contribution is 2.05. The molecule has 0 heterocycles. The number of halogens is 1. The summed E-state index contributed by atoms with van der Waals surface area (Å²) in [7, 11) is 0. The van der Waals surface area contributed by atoms with Crippen LogP contribution in [0.5, 0.6) is 0 Å². The first-order valence-electron chi connectivity index (χ1n) is 7.58. The summed E-state index contributed by atoms with van der Waals surface area (Å²) in [5, 5.41) is 8.96. The summed E-state index contributed by atoms with van der Waals surface area (Å²) < 4.78 is 0. The smallest absolute Gasteiger partial charge is 0.242 e. The lowest BCUT2D eigenvalue weighted by molar-refractivity contribution is -0.130. The average molecular weight is 322 g/mol. The molecule has 2 amide bonds. The number of amides is 2. The van der Waals surface area contributed by atoms with Crippen LogP contribution in [0.25, 0.3) is 0 Å². The van der Waals surface area contributed by atoms with Gasteiger partial charge >= 0.3 is 0 Å². The molecule has 3 N–H and O–H groups in total. The van der Waals surface area contributed by atoms with E-state index in [1.807, 2.05) is 41.5 Å². The first kappa shape index (κ1) is 22.5. The summed E-state index contributed by atoms with van der Waals surface area (Å²) in [6.45, 7) is 13.3. The number of rotatable bonds is 9. The molecule has 0 radical (unpaired) electrons. The maximum Gasteiger partial charge on any atom is 0.242 e. The second-order valence-electron chi connectivity index (χ2n) is 6.09. The van der Waals surface area contributed by atoms with Crippen LogP contribution in [0.3, 0.4) is 0 Å². The lowest BCUT2D eigenvalue weighted by Gasteiger charge is -2.23. The fourth-order valence-electron chi connectivity index (χ4n) is 1.92. The van der Waals surface area contributed by atoms with Crippen molar-refractivity contribution >= 4 is 24.2 Å². The SMILES string of the molecule is CCN[C@H](C)CNC(=O)C(NC(=O)CC(C)C)C(C)C.Cl. The van der Waals surface area contributed by atoms with E-state index in [9.17, 15) is 9.59 Å². The minimum absolute atomic E-state index is 0. The number of carbonyl (C=O) groups is 2. The van der Waals surface area contributed by atoms with Crippen molar-refractivity contribution in [1.82, 2.24) is 16.0 Å². The molecule has 21 heavy (non-hydrogen) atoms. The molecule has 0 aromatic heterocycles. The van der Waals surface area contributed by atoms with Gasteiger partial charge in [0.05, 0.1) is 0 Å². The second kappa shape index (κ2) is 11.8. The van der Waals surface area contributed by atoms with Gasteiger partial charge in [0, 0.05) is 19.0 Å². The van der Waals surface area contributed by atoms with E-state index < -0.39 is 6.04 Å². The van der Waals surface area contributed by atoms with Gasteiger partial charge in [0.1, 0.15) is 6.04 Å². The molecule has 0 saturated carbocycles. The summed E-state index contributed by atoms with van der Waals surface area (Å²) in [6, 6.07) is -0.238. The molecule has 0 bridgehead atoms. The second-order valence-corrected chi connectivity index (χ2v) is 6.09. The lowest BCUT2D eigenvalue weighted by atomic mass is 10.0. The van der Waals surface area contributed by atoms with Crippen LogP contribution in [0.1, 0.15) is 48.0 Å². The Hall–Kier alpha value is -0.810. The Kier molecular flexibility index (Phi) is 12.6. The molecular formula is C15H32ClN3O2. The van der Waals surface area contributed by atoms with Crippen molar-refractivity contribution < 1.29 is 9.59 Å². The molecule has 0 aliphatic heterocycles. The number of hydrogen-bond acceptors (Lipinski definition) is 3. The third kappa shape index (κ3) is 10.5. The Morgan fingerprint density at radius 3 is 2.05 bits per heavy atom. The third-order valence-electron chi connectivity index (χ3n) is 2.99. The fourth-order valence-corrected chi connectivity index (χ4v) is 1.92. The summed E-state index contributed by atoms with van der Waals surface area (Å²) in [4.78, 5) is 24.0. The summed E-state index contributed by atoms with van der Waals surface area (Å²) >= 11 is 0. The Morgan fingerprint density at radius 1 is 1.05 bits per heavy atom. The van der Waals surface area contributed by atoms with Crippen molar-refractivity contribution in [2.24, 2.45) is 11.8 Å². The summed E-state index contributed by atoms with van der Waals surface area (Å²) in [5.41, 5.74) is 0. The monoisotopic (exact) mass is 321 g/mol. The normalized spacial score (nSPS) is 13.5. The summed E-state index contributed by atoms with van der Waals surface area (Å²) in [6.07, 6.45) is 0.449. The molecule has 0 fully saturated rings. The maximum absolute atomic E-state index is 12.2. The molecule has 126 valence electrons. The van der Waals surface area contributed by atoms with Crippen LogP contribution >= 0.6 is 12.4 Å². The number of likely N-dealkylation sites (N-methyl/N-ethyl adjacent to an activating group) is 1. The first-order chi connectivity index (χ1) is 9.27. The fraction of sp³-hybridized carbons (Fsp3) is 0.867. The Morgan fingerprint density at radius 2 is 1.62 bits per heavy atom. The molecular weight excluding hydrogens is 290 g/mol. The average Bonchev–Trinajstić information content (AvgIpc) is 2.32. The molecule has 0 aromatic rings. The first-order valence-corrected chi connectivity index (χ1v) is 7.58. The summed E-state index contributed by atoms with van der Waals surface area (Å²) in [5.74, 6) is 0.190. The van der Waals surface area contributed by atoms with Crippen molar-refractivity contribution in [3.8, 4) is 0 Å². The van der Waals surface area contributed by atoms with Crippen molar-refractivity contribution in [2.75, 3.05) is 13.1 Å². The highest BCUT2D eigenvalue weighted by molar-refractivity contribution is 5.87. The van der Waals surface area contributed by atoms with Crippen LogP contribution < -0.4 is 16.0 Å². The number of nitrogens with one attached hydrogen (secondary N) is 3. The van der Waals surface area contributed by atoms with Crippen LogP contribution in [-0.4, -0.2) is 37.0 Å². The highest BCUT2D eigenvalue weighted by Gasteiger charge is 2.24. The van der Waals surface area contributed by atoms with Crippen molar-refractivity contribution in [3.05, 3.63) is 0 Å². The highest BCUT2D eigenvalue weighted by atomic mass is 35.5. The third-order valence-corrected chi connectivity index (χ3v) is 2.99. The predicted molar refractivity (Wildman–Crippen MR) is 89.6 cm³/mol. The number of hydrogen-bond donors (Lipinski definition) is 3. The van der Waals surface area contributed by atoms with Gasteiger partial charge in [-0.3, -0.25) is 9.59 Å². The van der Waals surface area contributed by atoms with E-state index in [0.717, 1.165) is 6.54 Å². The van der Waals surface area contributed by atoms with Crippen molar-refractivity contribution in [3.63, 3.8) is 0 Å². The van der Waals surface area contributed by atoms with Crippen molar-refractivity contribution in [2.45, 2.75) is 60.0 Å². The van der Waals surface area contributed by atoms with Gasteiger partial charge < -0.3 is 16.0 Å². The molecule has 0 saturated heterocycles. The van der Waals surface area contributed by atoms with E-state index in [-0.39, 0.29) is 36.2 Å². The van der Waals surface area contributed by atoms with E-state index in [2.05, 4.69) is 16.0 Å². The predicted octanol–water partition coefficient (Wildman–Crippen LogP) is 1.71. The Balaban J connectivity index is 0. The lowest BCUT2D eigenvalue weighted by Crippen LogP contribution is -2.52. The molecule has 0 rings (SSSR count). The molecule has 6 heteroatoms. The zero-order chi connectivity index (χ0) is 15.7. The van der Waals surface area contributed by atoms with Gasteiger partial charge in [0.2, 0.25) is 11.8 Å². The molecule has 5 nitrogen and oxygen atoms in total. The van der Waals surface area contributed by atoms with Gasteiger partial charge in [0.15, 0.2) is 0 Å². The van der Waals surface area contributed by atoms with Crippen LogP contribution in [0.2, 0.25) is 0 Å². The van der Waals surface area contributed by atoms with E-state index in [1.165, 1.54) is 0 Å². The van der Waals surface area contributed by atoms with E-state index in [1.54, 1.807) is 0 Å². The van der Waals surface area contributed by atoms with E-state index in [0.29, 0.717) is 18.9 Å². The molecule has 0 aromatic carbocycles. The van der Waals surface area contributed by atoms with Gasteiger partial charge in [-0.05, 0) is 25.3 Å². The topological polar surface area (TPSA) is 70.2 Å². The quantitative estimate of drug-likeness (QED) is 0.605. The van der Waals surface area contributed by atoms with Crippen LogP contribution in [0.4, 0.5) is 0 Å². The van der Waals surface area contributed by atoms with Gasteiger partial charge in [-0.1, -0.05) is 34.6 Å². The minimum atomic E-state index is -0.463. The van der Waals surface area contributed by atoms with Crippen LogP contribution in [-0.2, 0) is 9.59 Å². The van der Waals surface area contributed by atoms with E-state index in [4.69, 9.17) is 0 Å². The van der Waals surface area contributed by atoms with Gasteiger partial charge in [-0.25, -0.2) is 0 Å². The number of carbonyl (C=O) groups excluding carboxylic acids is 2. The Labute approximate surface area is 135 Å². The van der Waals surface area contributed by atoms with E-state index >= 15 is 0 Å². The zero-order valence-corrected chi connectivity index (χ0v) is 15.0. The Bertz CT molecular complexity index is 309. The van der Waals surface area contributed by atoms with Gasteiger partial charge in [-0.2, -0.15) is 0 Å². The van der Waals surface area contributed by atoms with Crippen LogP contribution in [0, 0.1) is 11.8 Å². The standard InChI is InChI=1S/C15H31N3O2.ClH/c1-7-16-12(6)9-17-15(20)14(11(4)5)18-13(19)8-10(2)3;/h10-12,14,16H,7-9H2,1-6H3,(H,17,20)(H,18,19);1H/t12-,14?;/m1./s1. The molecule has 1 unspecified atom stereocenters. The van der Waals surface area contributed by atoms with Crippen LogP contribution in [0.15, 0.2) is 0 Å². The molecule has 0 aliphatic rings.